The van der Waals surface area contributed by atoms with Crippen LogP contribution in [-0.4, -0.2) is 16.9 Å². The molecule has 0 aliphatic rings. The first-order valence-electron chi connectivity index (χ1n) is 13.3. The van der Waals surface area contributed by atoms with Gasteiger partial charge in [-0.3, -0.25) is 4.79 Å². The van der Waals surface area contributed by atoms with Crippen molar-refractivity contribution in [3.63, 3.8) is 0 Å². The van der Waals surface area contributed by atoms with Gasteiger partial charge in [0.25, 0.3) is 0 Å². The minimum atomic E-state index is -0.966. The van der Waals surface area contributed by atoms with Crippen LogP contribution >= 0.6 is 0 Å². The topological polar surface area (TPSA) is 63.6 Å². The molecule has 0 fully saturated rings. The third-order valence-electron chi connectivity index (χ3n) is 6.14. The van der Waals surface area contributed by atoms with E-state index in [4.69, 9.17) is 4.74 Å². The predicted octanol–water partition coefficient (Wildman–Crippen LogP) is 9.00. The molecule has 0 spiro atoms. The van der Waals surface area contributed by atoms with Crippen LogP contribution in [-0.2, 0) is 6.42 Å². The first kappa shape index (κ1) is 28.4. The van der Waals surface area contributed by atoms with Gasteiger partial charge in [0.2, 0.25) is 0 Å². The van der Waals surface area contributed by atoms with Crippen molar-refractivity contribution in [1.29, 1.82) is 0 Å². The Morgan fingerprint density at radius 2 is 1.18 bits per heavy atom. The third-order valence-corrected chi connectivity index (χ3v) is 6.14. The van der Waals surface area contributed by atoms with E-state index in [1.54, 1.807) is 6.07 Å². The molecular weight excluding hydrogens is 472 g/mol. The van der Waals surface area contributed by atoms with Gasteiger partial charge in [-0.1, -0.05) is 124 Å². The Kier molecular flexibility index (Phi) is 11.8. The lowest BCUT2D eigenvalue weighted by molar-refractivity contribution is 0.0694. The molecule has 0 aliphatic carbocycles. The summed E-state index contributed by atoms with van der Waals surface area (Å²) in [5, 5.41) is 9.35. The smallest absolute Gasteiger partial charge is 0.339 e. The summed E-state index contributed by atoms with van der Waals surface area (Å²) >= 11 is 0. The van der Waals surface area contributed by atoms with Gasteiger partial charge in [-0.25, -0.2) is 4.79 Å². The van der Waals surface area contributed by atoms with Crippen molar-refractivity contribution in [2.45, 2.75) is 51.9 Å². The molecule has 0 aromatic heterocycles. The van der Waals surface area contributed by atoms with Crippen LogP contribution in [0.3, 0.4) is 0 Å². The van der Waals surface area contributed by atoms with Gasteiger partial charge in [0.1, 0.15) is 17.1 Å². The standard InChI is InChI=1S/C21H26O3.C13H10O/c1-2-3-4-5-6-8-11-17-14-15-19(21(22)23)20(16-17)24-18-12-9-7-10-13-18;14-13(11-7-3-1-4-8-11)12-9-5-2-6-10-12/h7,9-10,12-16H,2-6,8,11H2,1H3,(H,22,23);1-10H. The molecule has 0 heterocycles. The second-order valence-corrected chi connectivity index (χ2v) is 9.13. The summed E-state index contributed by atoms with van der Waals surface area (Å²) < 4.78 is 5.79. The number of ketones is 1. The number of benzene rings is 4. The molecule has 4 heteroatoms. The Balaban J connectivity index is 0.000000241. The van der Waals surface area contributed by atoms with Gasteiger partial charge in [0.15, 0.2) is 5.78 Å². The normalized spacial score (nSPS) is 10.2. The first-order valence-corrected chi connectivity index (χ1v) is 13.3. The highest BCUT2D eigenvalue weighted by Gasteiger charge is 2.13. The van der Waals surface area contributed by atoms with Gasteiger partial charge in [-0.05, 0) is 42.7 Å². The van der Waals surface area contributed by atoms with Gasteiger partial charge in [0, 0.05) is 11.1 Å². The fourth-order valence-electron chi connectivity index (χ4n) is 4.05. The summed E-state index contributed by atoms with van der Waals surface area (Å²) in [6.45, 7) is 2.22. The second-order valence-electron chi connectivity index (χ2n) is 9.13. The van der Waals surface area contributed by atoms with Gasteiger partial charge >= 0.3 is 5.97 Å². The number of ether oxygens (including phenoxy) is 1. The molecule has 4 aromatic rings. The lowest BCUT2D eigenvalue weighted by Crippen LogP contribution is -2.01. The summed E-state index contributed by atoms with van der Waals surface area (Å²) in [5.74, 6) is 0.173. The van der Waals surface area contributed by atoms with Crippen molar-refractivity contribution >= 4 is 11.8 Å². The summed E-state index contributed by atoms with van der Waals surface area (Å²) in [6.07, 6.45) is 8.44. The van der Waals surface area contributed by atoms with E-state index < -0.39 is 5.97 Å². The first-order chi connectivity index (χ1) is 18.6. The highest BCUT2D eigenvalue weighted by atomic mass is 16.5. The van der Waals surface area contributed by atoms with Gasteiger partial charge in [-0.15, -0.1) is 0 Å². The average Bonchev–Trinajstić information content (AvgIpc) is 2.96. The summed E-state index contributed by atoms with van der Waals surface area (Å²) in [4.78, 5) is 23.3. The number of hydrogen-bond acceptors (Lipinski definition) is 3. The molecule has 0 saturated carbocycles. The maximum absolute atomic E-state index is 11.8. The van der Waals surface area contributed by atoms with E-state index in [9.17, 15) is 14.7 Å². The molecule has 38 heavy (non-hydrogen) atoms. The van der Waals surface area contributed by atoms with Crippen LogP contribution in [0.5, 0.6) is 11.5 Å². The molecule has 0 bridgehead atoms. The van der Waals surface area contributed by atoms with E-state index in [0.717, 1.165) is 29.5 Å². The third kappa shape index (κ3) is 9.36. The van der Waals surface area contributed by atoms with E-state index in [-0.39, 0.29) is 11.3 Å². The molecule has 0 saturated heterocycles. The molecule has 0 aliphatic heterocycles. The molecule has 1 N–H and O–H groups in total. The van der Waals surface area contributed by atoms with Crippen LogP contribution in [0.1, 0.15) is 77.3 Å². The number of carboxylic acids is 1. The highest BCUT2D eigenvalue weighted by Crippen LogP contribution is 2.27. The lowest BCUT2D eigenvalue weighted by atomic mass is 10.0. The van der Waals surface area contributed by atoms with Crippen molar-refractivity contribution in [3.8, 4) is 11.5 Å². The molecule has 196 valence electrons. The van der Waals surface area contributed by atoms with Crippen LogP contribution in [0.15, 0.2) is 109 Å². The largest absolute Gasteiger partial charge is 0.478 e. The molecule has 4 rings (SSSR count). The van der Waals surface area contributed by atoms with E-state index >= 15 is 0 Å². The number of rotatable bonds is 12. The van der Waals surface area contributed by atoms with E-state index in [1.165, 1.54) is 32.1 Å². The van der Waals surface area contributed by atoms with Crippen molar-refractivity contribution in [2.24, 2.45) is 0 Å². The van der Waals surface area contributed by atoms with E-state index in [2.05, 4.69) is 6.92 Å². The molecule has 0 unspecified atom stereocenters. The number of aryl methyl sites for hydroxylation is 1. The van der Waals surface area contributed by atoms with Gasteiger partial charge in [0.05, 0.1) is 0 Å². The summed E-state index contributed by atoms with van der Waals surface area (Å²) in [6, 6.07) is 33.3. The Morgan fingerprint density at radius 1 is 0.658 bits per heavy atom. The molecule has 4 aromatic carbocycles. The fraction of sp³-hybridized carbons (Fsp3) is 0.235. The number of carbonyl (C=O) groups is 2. The van der Waals surface area contributed by atoms with Crippen molar-refractivity contribution in [1.82, 2.24) is 0 Å². The predicted molar refractivity (Wildman–Crippen MR) is 153 cm³/mol. The maximum Gasteiger partial charge on any atom is 0.339 e. The van der Waals surface area contributed by atoms with E-state index in [1.807, 2.05) is 103 Å². The zero-order valence-corrected chi connectivity index (χ0v) is 22.0. The molecule has 0 radical (unpaired) electrons. The SMILES string of the molecule is CCCCCCCCc1ccc(C(=O)O)c(Oc2ccccc2)c1.O=C(c1ccccc1)c1ccccc1. The van der Waals surface area contributed by atoms with Crippen LogP contribution in [0, 0.1) is 0 Å². The Morgan fingerprint density at radius 3 is 1.74 bits per heavy atom. The summed E-state index contributed by atoms with van der Waals surface area (Å²) in [7, 11) is 0. The molecular formula is C34H36O4. The Hall–Kier alpha value is -4.18. The van der Waals surface area contributed by atoms with Crippen molar-refractivity contribution < 1.29 is 19.4 Å². The minimum Gasteiger partial charge on any atom is -0.478 e. The van der Waals surface area contributed by atoms with Gasteiger partial charge < -0.3 is 9.84 Å². The molecule has 0 atom stereocenters. The minimum absolute atomic E-state index is 0.0752. The molecule has 4 nitrogen and oxygen atoms in total. The van der Waals surface area contributed by atoms with Crippen molar-refractivity contribution in [3.05, 3.63) is 131 Å². The lowest BCUT2D eigenvalue weighted by Gasteiger charge is -2.11. The number of para-hydroxylation sites is 1. The zero-order valence-electron chi connectivity index (χ0n) is 22.0. The zero-order chi connectivity index (χ0) is 27.0. The number of aromatic carboxylic acids is 1. The van der Waals surface area contributed by atoms with Crippen LogP contribution in [0.25, 0.3) is 0 Å². The molecule has 0 amide bonds. The van der Waals surface area contributed by atoms with E-state index in [0.29, 0.717) is 11.5 Å². The fourth-order valence-corrected chi connectivity index (χ4v) is 4.05. The quantitative estimate of drug-likeness (QED) is 0.153. The van der Waals surface area contributed by atoms with Crippen LogP contribution in [0.2, 0.25) is 0 Å². The Labute approximate surface area is 225 Å². The summed E-state index contributed by atoms with van der Waals surface area (Å²) in [5.41, 5.74) is 2.80. The van der Waals surface area contributed by atoms with Crippen molar-refractivity contribution in [2.75, 3.05) is 0 Å². The number of carbonyl (C=O) groups excluding carboxylic acids is 1. The number of unbranched alkanes of at least 4 members (excludes halogenated alkanes) is 5. The average molecular weight is 509 g/mol. The highest BCUT2D eigenvalue weighted by molar-refractivity contribution is 6.08. The second kappa shape index (κ2) is 15.8. The maximum atomic E-state index is 11.8. The number of carboxylic acid groups (broad SMARTS) is 1. The Bertz CT molecular complexity index is 1210. The van der Waals surface area contributed by atoms with Gasteiger partial charge in [-0.2, -0.15) is 0 Å². The number of hydrogen-bond donors (Lipinski definition) is 1. The van der Waals surface area contributed by atoms with Crippen LogP contribution < -0.4 is 4.74 Å². The van der Waals surface area contributed by atoms with Crippen LogP contribution in [0.4, 0.5) is 0 Å². The monoisotopic (exact) mass is 508 g/mol.